The second kappa shape index (κ2) is 6.61. The summed E-state index contributed by atoms with van der Waals surface area (Å²) in [6.07, 6.45) is 0.800. The molecule has 0 spiro atoms. The summed E-state index contributed by atoms with van der Waals surface area (Å²) >= 11 is 21.8. The standard InChI is InChI=1S/C14H12BrCl3N2/c1-7(2)6-10-11(15)13(18)20-14(19-10)8-4-3-5-9(16)12(8)17/h3-5,7H,6H2,1-2H3. The second-order valence-corrected chi connectivity index (χ2v) is 6.73. The maximum Gasteiger partial charge on any atom is 0.162 e. The Morgan fingerprint density at radius 1 is 1.15 bits per heavy atom. The largest absolute Gasteiger partial charge is 0.232 e. The number of hydrogen-bond donors (Lipinski definition) is 0. The summed E-state index contributed by atoms with van der Waals surface area (Å²) in [5.41, 5.74) is 1.55. The van der Waals surface area contributed by atoms with Crippen LogP contribution in [-0.2, 0) is 6.42 Å². The van der Waals surface area contributed by atoms with E-state index in [4.69, 9.17) is 34.8 Å². The number of rotatable bonds is 3. The minimum absolute atomic E-state index is 0.377. The Balaban J connectivity index is 2.57. The van der Waals surface area contributed by atoms with Crippen molar-refractivity contribution < 1.29 is 0 Å². The van der Waals surface area contributed by atoms with Gasteiger partial charge in [0.15, 0.2) is 5.82 Å². The molecule has 0 amide bonds. The molecular formula is C14H12BrCl3N2. The Labute approximate surface area is 141 Å². The van der Waals surface area contributed by atoms with Crippen LogP contribution in [0.2, 0.25) is 15.2 Å². The van der Waals surface area contributed by atoms with Gasteiger partial charge in [-0.3, -0.25) is 0 Å². The van der Waals surface area contributed by atoms with Gasteiger partial charge in [-0.05, 0) is 40.4 Å². The zero-order valence-electron chi connectivity index (χ0n) is 10.9. The third-order valence-electron chi connectivity index (χ3n) is 2.67. The summed E-state index contributed by atoms with van der Waals surface area (Å²) in [4.78, 5) is 8.84. The molecule has 1 heterocycles. The average Bonchev–Trinajstić information content (AvgIpc) is 2.37. The van der Waals surface area contributed by atoms with Gasteiger partial charge in [-0.1, -0.05) is 54.7 Å². The van der Waals surface area contributed by atoms with E-state index >= 15 is 0 Å². The lowest BCUT2D eigenvalue weighted by molar-refractivity contribution is 0.632. The molecule has 2 aromatic rings. The fourth-order valence-corrected chi connectivity index (χ4v) is 2.70. The zero-order chi connectivity index (χ0) is 14.9. The normalized spacial score (nSPS) is 11.2. The summed E-state index contributed by atoms with van der Waals surface area (Å²) in [5.74, 6) is 0.946. The van der Waals surface area contributed by atoms with E-state index in [-0.39, 0.29) is 0 Å². The minimum Gasteiger partial charge on any atom is -0.232 e. The molecule has 0 N–H and O–H groups in total. The highest BCUT2D eigenvalue weighted by molar-refractivity contribution is 9.10. The van der Waals surface area contributed by atoms with Gasteiger partial charge in [-0.2, -0.15) is 0 Å². The van der Waals surface area contributed by atoms with Gasteiger partial charge in [-0.25, -0.2) is 9.97 Å². The van der Waals surface area contributed by atoms with E-state index in [2.05, 4.69) is 39.7 Å². The van der Waals surface area contributed by atoms with Crippen LogP contribution in [0.1, 0.15) is 19.5 Å². The predicted octanol–water partition coefficient (Wildman–Crippen LogP) is 6.06. The second-order valence-electron chi connectivity index (χ2n) is 4.80. The van der Waals surface area contributed by atoms with Crippen molar-refractivity contribution in [2.45, 2.75) is 20.3 Å². The Bertz CT molecular complexity index is 645. The topological polar surface area (TPSA) is 25.8 Å². The molecule has 1 aromatic heterocycles. The van der Waals surface area contributed by atoms with E-state index in [0.717, 1.165) is 16.6 Å². The molecule has 0 bridgehead atoms. The van der Waals surface area contributed by atoms with Crippen molar-refractivity contribution in [1.29, 1.82) is 0 Å². The molecule has 0 radical (unpaired) electrons. The van der Waals surface area contributed by atoms with Crippen LogP contribution in [0, 0.1) is 5.92 Å². The maximum atomic E-state index is 6.21. The highest BCUT2D eigenvalue weighted by atomic mass is 79.9. The third kappa shape index (κ3) is 3.45. The van der Waals surface area contributed by atoms with Gasteiger partial charge < -0.3 is 0 Å². The van der Waals surface area contributed by atoms with Gasteiger partial charge >= 0.3 is 0 Å². The molecular weight excluding hydrogens is 382 g/mol. The first kappa shape index (κ1) is 16.0. The van der Waals surface area contributed by atoms with Crippen molar-refractivity contribution in [3.8, 4) is 11.4 Å². The van der Waals surface area contributed by atoms with E-state index < -0.39 is 0 Å². The lowest BCUT2D eigenvalue weighted by Gasteiger charge is -2.11. The molecule has 2 nitrogen and oxygen atoms in total. The monoisotopic (exact) mass is 392 g/mol. The molecule has 20 heavy (non-hydrogen) atoms. The van der Waals surface area contributed by atoms with Crippen molar-refractivity contribution in [2.75, 3.05) is 0 Å². The van der Waals surface area contributed by atoms with Gasteiger partial charge in [0, 0.05) is 5.56 Å². The fraction of sp³-hybridized carbons (Fsp3) is 0.286. The summed E-state index contributed by atoms with van der Waals surface area (Å²) < 4.78 is 0.731. The van der Waals surface area contributed by atoms with Crippen LogP contribution in [0.5, 0.6) is 0 Å². The predicted molar refractivity (Wildman–Crippen MR) is 88.7 cm³/mol. The maximum absolute atomic E-state index is 6.21. The Morgan fingerprint density at radius 3 is 2.50 bits per heavy atom. The van der Waals surface area contributed by atoms with Crippen molar-refractivity contribution in [1.82, 2.24) is 9.97 Å². The van der Waals surface area contributed by atoms with Crippen molar-refractivity contribution in [3.63, 3.8) is 0 Å². The van der Waals surface area contributed by atoms with Crippen molar-refractivity contribution in [3.05, 3.63) is 43.6 Å². The van der Waals surface area contributed by atoms with Gasteiger partial charge in [0.25, 0.3) is 0 Å². The summed E-state index contributed by atoms with van der Waals surface area (Å²) in [7, 11) is 0. The van der Waals surface area contributed by atoms with Gasteiger partial charge in [-0.15, -0.1) is 0 Å². The van der Waals surface area contributed by atoms with E-state index in [1.54, 1.807) is 6.07 Å². The molecule has 0 aliphatic carbocycles. The van der Waals surface area contributed by atoms with E-state index in [9.17, 15) is 0 Å². The van der Waals surface area contributed by atoms with Gasteiger partial charge in [0.05, 0.1) is 20.2 Å². The number of nitrogens with zero attached hydrogens (tertiary/aromatic N) is 2. The minimum atomic E-state index is 0.377. The zero-order valence-corrected chi connectivity index (χ0v) is 14.8. The van der Waals surface area contributed by atoms with Crippen LogP contribution in [0.15, 0.2) is 22.7 Å². The van der Waals surface area contributed by atoms with Crippen LogP contribution in [0.4, 0.5) is 0 Å². The highest BCUT2D eigenvalue weighted by Gasteiger charge is 2.16. The average molecular weight is 395 g/mol. The first-order chi connectivity index (χ1) is 9.40. The first-order valence-corrected chi connectivity index (χ1v) is 7.99. The molecule has 0 fully saturated rings. The Kier molecular flexibility index (Phi) is 5.30. The van der Waals surface area contributed by atoms with Crippen molar-refractivity contribution in [2.24, 2.45) is 5.92 Å². The van der Waals surface area contributed by atoms with Crippen LogP contribution < -0.4 is 0 Å². The highest BCUT2D eigenvalue weighted by Crippen LogP contribution is 2.34. The Hall–Kier alpha value is -0.350. The van der Waals surface area contributed by atoms with E-state index in [1.165, 1.54) is 0 Å². The molecule has 0 atom stereocenters. The molecule has 0 aliphatic rings. The van der Waals surface area contributed by atoms with Crippen LogP contribution in [0.25, 0.3) is 11.4 Å². The molecule has 1 aromatic carbocycles. The number of halogens is 4. The molecule has 0 saturated heterocycles. The molecule has 0 saturated carbocycles. The van der Waals surface area contributed by atoms with Crippen molar-refractivity contribution >= 4 is 50.7 Å². The molecule has 0 aliphatic heterocycles. The quantitative estimate of drug-likeness (QED) is 0.591. The summed E-state index contributed by atoms with van der Waals surface area (Å²) in [6, 6.07) is 5.36. The van der Waals surface area contributed by atoms with Crippen LogP contribution >= 0.6 is 50.7 Å². The van der Waals surface area contributed by atoms with E-state index in [0.29, 0.717) is 32.5 Å². The smallest absolute Gasteiger partial charge is 0.162 e. The lowest BCUT2D eigenvalue weighted by Crippen LogP contribution is -2.03. The molecule has 6 heteroatoms. The van der Waals surface area contributed by atoms with E-state index in [1.807, 2.05) is 12.1 Å². The number of hydrogen-bond acceptors (Lipinski definition) is 2. The summed E-state index contributed by atoms with van der Waals surface area (Å²) in [6.45, 7) is 4.24. The first-order valence-electron chi connectivity index (χ1n) is 6.06. The molecule has 106 valence electrons. The third-order valence-corrected chi connectivity index (χ3v) is 4.83. The number of benzene rings is 1. The Morgan fingerprint density at radius 2 is 1.85 bits per heavy atom. The van der Waals surface area contributed by atoms with Crippen LogP contribution in [-0.4, -0.2) is 9.97 Å². The lowest BCUT2D eigenvalue weighted by atomic mass is 10.1. The number of aromatic nitrogens is 2. The molecule has 0 unspecified atom stereocenters. The SMILES string of the molecule is CC(C)Cc1nc(-c2cccc(Cl)c2Cl)nc(Cl)c1Br. The summed E-state index contributed by atoms with van der Waals surface area (Å²) in [5, 5.41) is 1.28. The fourth-order valence-electron chi connectivity index (χ4n) is 1.78. The molecule has 2 rings (SSSR count). The van der Waals surface area contributed by atoms with Gasteiger partial charge in [0.2, 0.25) is 0 Å². The van der Waals surface area contributed by atoms with Crippen LogP contribution in [0.3, 0.4) is 0 Å². The van der Waals surface area contributed by atoms with Gasteiger partial charge in [0.1, 0.15) is 5.15 Å².